The number of aliphatic hydroxyl groups excluding tert-OH is 2. The lowest BCUT2D eigenvalue weighted by Crippen LogP contribution is -2.37. The predicted molar refractivity (Wildman–Crippen MR) is 23.7 cm³/mol. The van der Waals surface area contributed by atoms with Crippen LogP contribution in [0.4, 0.5) is 13.2 Å². The van der Waals surface area contributed by atoms with Gasteiger partial charge in [0.2, 0.25) is 0 Å². The third-order valence-corrected chi connectivity index (χ3v) is 0.792. The minimum Gasteiger partial charge on any atom is -0.390 e. The van der Waals surface area contributed by atoms with Gasteiger partial charge in [-0.2, -0.15) is 13.2 Å². The van der Waals surface area contributed by atoms with Crippen LogP contribution in [0.3, 0.4) is 0 Å². The zero-order valence-electron chi connectivity index (χ0n) is 4.68. The van der Waals surface area contributed by atoms with E-state index in [1.165, 1.54) is 0 Å². The molecule has 0 bridgehead atoms. The van der Waals surface area contributed by atoms with Gasteiger partial charge in [-0.3, -0.25) is 0 Å². The van der Waals surface area contributed by atoms with Crippen LogP contribution in [-0.4, -0.2) is 28.6 Å². The zero-order valence-corrected chi connectivity index (χ0v) is 4.68. The molecule has 9 heavy (non-hydrogen) atoms. The fourth-order valence-electron chi connectivity index (χ4n) is 0.273. The maximum absolute atomic E-state index is 11.3. The van der Waals surface area contributed by atoms with Gasteiger partial charge in [0.05, 0.1) is 6.10 Å². The van der Waals surface area contributed by atoms with E-state index in [0.717, 1.165) is 6.92 Å². The fourth-order valence-corrected chi connectivity index (χ4v) is 0.273. The molecule has 0 spiro atoms. The molecule has 0 aromatic heterocycles. The van der Waals surface area contributed by atoms with Crippen molar-refractivity contribution < 1.29 is 23.4 Å². The van der Waals surface area contributed by atoms with Gasteiger partial charge in [-0.1, -0.05) is 0 Å². The molecule has 0 radical (unpaired) electrons. The monoisotopic (exact) mass is 144 g/mol. The largest absolute Gasteiger partial charge is 0.416 e. The lowest BCUT2D eigenvalue weighted by molar-refractivity contribution is -0.227. The van der Waals surface area contributed by atoms with Crippen LogP contribution >= 0.6 is 0 Å². The third-order valence-electron chi connectivity index (χ3n) is 0.792. The van der Waals surface area contributed by atoms with Crippen LogP contribution in [0, 0.1) is 0 Å². The molecule has 0 aromatic rings. The standard InChI is InChI=1S/C4H7F3O2/c1-2(8)3(9)4(5,6)7/h2-3,8-9H,1H3/t2-,3-/m0/s1. The summed E-state index contributed by atoms with van der Waals surface area (Å²) in [6, 6.07) is 0. The van der Waals surface area contributed by atoms with Crippen molar-refractivity contribution in [3.8, 4) is 0 Å². The van der Waals surface area contributed by atoms with Crippen LogP contribution in [0.2, 0.25) is 0 Å². The van der Waals surface area contributed by atoms with E-state index in [-0.39, 0.29) is 0 Å². The van der Waals surface area contributed by atoms with E-state index >= 15 is 0 Å². The third kappa shape index (κ3) is 2.67. The Bertz CT molecular complexity index is 88.3. The maximum Gasteiger partial charge on any atom is 0.416 e. The molecule has 0 aliphatic heterocycles. The van der Waals surface area contributed by atoms with E-state index < -0.39 is 18.4 Å². The Hall–Kier alpha value is -0.290. The zero-order chi connectivity index (χ0) is 7.65. The van der Waals surface area contributed by atoms with Crippen LogP contribution in [0.25, 0.3) is 0 Å². The Kier molecular flexibility index (Phi) is 2.45. The van der Waals surface area contributed by atoms with Crippen LogP contribution in [0.5, 0.6) is 0 Å². The molecule has 0 amide bonds. The minimum atomic E-state index is -4.71. The second-order valence-corrected chi connectivity index (χ2v) is 1.73. The summed E-state index contributed by atoms with van der Waals surface area (Å²) < 4.78 is 33.9. The topological polar surface area (TPSA) is 40.5 Å². The summed E-state index contributed by atoms with van der Waals surface area (Å²) in [6.07, 6.45) is -9.10. The predicted octanol–water partition coefficient (Wildman–Crippen LogP) is 0.290. The number of rotatable bonds is 1. The first-order valence-corrected chi connectivity index (χ1v) is 2.28. The summed E-state index contributed by atoms with van der Waals surface area (Å²) in [6.45, 7) is 0.873. The number of hydrogen-bond acceptors (Lipinski definition) is 2. The van der Waals surface area contributed by atoms with E-state index in [2.05, 4.69) is 0 Å². The van der Waals surface area contributed by atoms with E-state index in [9.17, 15) is 13.2 Å². The van der Waals surface area contributed by atoms with Gasteiger partial charge in [0.1, 0.15) is 0 Å². The molecule has 0 heterocycles. The Morgan fingerprint density at radius 2 is 1.56 bits per heavy atom. The molecule has 0 unspecified atom stereocenters. The fraction of sp³-hybridized carbons (Fsp3) is 1.00. The first-order valence-electron chi connectivity index (χ1n) is 2.28. The second-order valence-electron chi connectivity index (χ2n) is 1.73. The molecule has 0 fully saturated rings. The lowest BCUT2D eigenvalue weighted by Gasteiger charge is -2.16. The Morgan fingerprint density at radius 1 is 1.22 bits per heavy atom. The smallest absolute Gasteiger partial charge is 0.390 e. The van der Waals surface area contributed by atoms with Crippen molar-refractivity contribution in [3.05, 3.63) is 0 Å². The van der Waals surface area contributed by atoms with E-state index in [1.54, 1.807) is 0 Å². The van der Waals surface area contributed by atoms with Crippen molar-refractivity contribution in [3.63, 3.8) is 0 Å². The van der Waals surface area contributed by atoms with Crippen molar-refractivity contribution in [2.24, 2.45) is 0 Å². The van der Waals surface area contributed by atoms with Crippen molar-refractivity contribution in [1.29, 1.82) is 0 Å². The number of aliphatic hydroxyl groups is 2. The van der Waals surface area contributed by atoms with Crippen LogP contribution in [-0.2, 0) is 0 Å². The molecule has 2 nitrogen and oxygen atoms in total. The molecule has 56 valence electrons. The maximum atomic E-state index is 11.3. The number of alkyl halides is 3. The van der Waals surface area contributed by atoms with Gasteiger partial charge in [0.15, 0.2) is 6.10 Å². The second kappa shape index (κ2) is 2.53. The van der Waals surface area contributed by atoms with Crippen molar-refractivity contribution in [2.75, 3.05) is 0 Å². The van der Waals surface area contributed by atoms with E-state index in [1.807, 2.05) is 0 Å². The van der Waals surface area contributed by atoms with Crippen LogP contribution in [0.15, 0.2) is 0 Å². The van der Waals surface area contributed by atoms with E-state index in [0.29, 0.717) is 0 Å². The van der Waals surface area contributed by atoms with Crippen LogP contribution < -0.4 is 0 Å². The van der Waals surface area contributed by atoms with Gasteiger partial charge < -0.3 is 10.2 Å². The van der Waals surface area contributed by atoms with E-state index in [4.69, 9.17) is 10.2 Å². The first kappa shape index (κ1) is 8.71. The Balaban J connectivity index is 3.88. The normalized spacial score (nSPS) is 19.3. The summed E-state index contributed by atoms with van der Waals surface area (Å²) in [7, 11) is 0. The molecule has 0 aliphatic rings. The highest BCUT2D eigenvalue weighted by Gasteiger charge is 2.41. The number of halogens is 3. The number of hydrogen-bond donors (Lipinski definition) is 2. The van der Waals surface area contributed by atoms with Gasteiger partial charge in [0, 0.05) is 0 Å². The molecule has 0 saturated carbocycles. The van der Waals surface area contributed by atoms with Gasteiger partial charge in [-0.15, -0.1) is 0 Å². The van der Waals surface area contributed by atoms with Crippen molar-refractivity contribution in [1.82, 2.24) is 0 Å². The van der Waals surface area contributed by atoms with Gasteiger partial charge >= 0.3 is 6.18 Å². The molecule has 2 N–H and O–H groups in total. The first-order chi connectivity index (χ1) is 3.85. The summed E-state index contributed by atoms with van der Waals surface area (Å²) >= 11 is 0. The Labute approximate surface area is 49.9 Å². The average molecular weight is 144 g/mol. The van der Waals surface area contributed by atoms with Gasteiger partial charge in [-0.25, -0.2) is 0 Å². The van der Waals surface area contributed by atoms with Gasteiger partial charge in [-0.05, 0) is 6.92 Å². The lowest BCUT2D eigenvalue weighted by atomic mass is 10.2. The van der Waals surface area contributed by atoms with Crippen molar-refractivity contribution in [2.45, 2.75) is 25.3 Å². The van der Waals surface area contributed by atoms with Crippen LogP contribution in [0.1, 0.15) is 6.92 Å². The summed E-state index contributed by atoms with van der Waals surface area (Å²) in [5, 5.41) is 16.3. The molecule has 0 aromatic carbocycles. The molecular weight excluding hydrogens is 137 g/mol. The molecule has 0 aliphatic carbocycles. The molecular formula is C4H7F3O2. The average Bonchev–Trinajstić information content (AvgIpc) is 1.62. The summed E-state index contributed by atoms with van der Waals surface area (Å²) in [4.78, 5) is 0. The van der Waals surface area contributed by atoms with Gasteiger partial charge in [0.25, 0.3) is 0 Å². The summed E-state index contributed by atoms with van der Waals surface area (Å²) in [5.41, 5.74) is 0. The highest BCUT2D eigenvalue weighted by atomic mass is 19.4. The quantitative estimate of drug-likeness (QED) is 0.555. The molecule has 2 atom stereocenters. The molecule has 0 saturated heterocycles. The summed E-state index contributed by atoms with van der Waals surface area (Å²) in [5.74, 6) is 0. The molecule has 0 rings (SSSR count). The minimum absolute atomic E-state index is 0.873. The van der Waals surface area contributed by atoms with Crippen molar-refractivity contribution >= 4 is 0 Å². The molecule has 5 heteroatoms. The SMILES string of the molecule is C[C@H](O)[C@H](O)C(F)(F)F. The highest BCUT2D eigenvalue weighted by molar-refractivity contribution is 4.69. The Morgan fingerprint density at radius 3 is 1.56 bits per heavy atom. The highest BCUT2D eigenvalue weighted by Crippen LogP contribution is 2.21.